The van der Waals surface area contributed by atoms with Gasteiger partial charge in [0.05, 0.1) is 12.0 Å². The van der Waals surface area contributed by atoms with Gasteiger partial charge in [0.1, 0.15) is 23.8 Å². The summed E-state index contributed by atoms with van der Waals surface area (Å²) in [5.41, 5.74) is 3.82. The maximum Gasteiger partial charge on any atom is 0.238 e. The number of carbonyl (C=O) groups is 3. The summed E-state index contributed by atoms with van der Waals surface area (Å²) in [7, 11) is 0. The number of ether oxygens (including phenoxy) is 1. The lowest BCUT2D eigenvalue weighted by Gasteiger charge is -2.38. The van der Waals surface area contributed by atoms with E-state index < -0.39 is 23.4 Å². The largest absolute Gasteiger partial charge is 0.490 e. The van der Waals surface area contributed by atoms with E-state index in [9.17, 15) is 14.4 Å². The predicted octanol–water partition coefficient (Wildman–Crippen LogP) is 6.54. The number of benzene rings is 4. The molecule has 4 aromatic rings. The third-order valence-corrected chi connectivity index (χ3v) is 8.96. The SMILES string of the molecule is C=CCOc1ccc(C(=O)[C@H]2[C@H](C(=O)c3ccc(C)cc3)N3C=Cc4ccccc4[C@@H]3[C@@]23C(=O)Nc2ccccc23)cc1. The Bertz CT molecular complexity index is 1810. The van der Waals surface area contributed by atoms with Crippen LogP contribution in [0.5, 0.6) is 5.75 Å². The van der Waals surface area contributed by atoms with E-state index in [0.717, 1.165) is 22.3 Å². The third-order valence-electron chi connectivity index (χ3n) is 8.96. The molecule has 4 atom stereocenters. The third kappa shape index (κ3) is 3.97. The number of aryl methyl sites for hydroxylation is 1. The maximum atomic E-state index is 14.9. The minimum Gasteiger partial charge on any atom is -0.490 e. The summed E-state index contributed by atoms with van der Waals surface area (Å²) in [6.45, 7) is 5.99. The number of para-hydroxylation sites is 1. The van der Waals surface area contributed by atoms with Crippen LogP contribution in [0.15, 0.2) is 116 Å². The molecule has 1 saturated heterocycles. The molecular weight excluding hydrogens is 536 g/mol. The molecule has 6 nitrogen and oxygen atoms in total. The number of amides is 1. The maximum absolute atomic E-state index is 14.9. The van der Waals surface area contributed by atoms with Crippen LogP contribution in [-0.4, -0.2) is 35.0 Å². The quantitative estimate of drug-likeness (QED) is 0.203. The van der Waals surface area contributed by atoms with E-state index in [2.05, 4.69) is 11.9 Å². The molecule has 0 unspecified atom stereocenters. The van der Waals surface area contributed by atoms with Crippen LogP contribution in [0.1, 0.15) is 49.0 Å². The zero-order valence-electron chi connectivity index (χ0n) is 23.7. The van der Waals surface area contributed by atoms with Crippen molar-refractivity contribution in [2.24, 2.45) is 5.92 Å². The number of Topliss-reactive ketones (excluding diaryl/α,β-unsaturated/α-hetero) is 2. The molecule has 0 radical (unpaired) electrons. The number of nitrogens with zero attached hydrogens (tertiary/aromatic N) is 1. The number of carbonyl (C=O) groups excluding carboxylic acids is 3. The topological polar surface area (TPSA) is 75.7 Å². The lowest BCUT2D eigenvalue weighted by atomic mass is 9.62. The van der Waals surface area contributed by atoms with Gasteiger partial charge in [-0.3, -0.25) is 14.4 Å². The van der Waals surface area contributed by atoms with Gasteiger partial charge in [0.25, 0.3) is 0 Å². The molecule has 43 heavy (non-hydrogen) atoms. The molecule has 1 amide bonds. The lowest BCUT2D eigenvalue weighted by Crippen LogP contribution is -2.49. The molecule has 6 heteroatoms. The first-order chi connectivity index (χ1) is 20.9. The Morgan fingerprint density at radius 2 is 1.58 bits per heavy atom. The molecule has 0 bridgehead atoms. The van der Waals surface area contributed by atoms with Gasteiger partial charge < -0.3 is 15.0 Å². The molecule has 0 aromatic heterocycles. The first-order valence-electron chi connectivity index (χ1n) is 14.4. The van der Waals surface area contributed by atoms with Gasteiger partial charge in [0.15, 0.2) is 11.6 Å². The smallest absolute Gasteiger partial charge is 0.238 e. The van der Waals surface area contributed by atoms with Crippen LogP contribution in [0.3, 0.4) is 0 Å². The van der Waals surface area contributed by atoms with E-state index in [-0.39, 0.29) is 17.5 Å². The number of hydrogen-bond acceptors (Lipinski definition) is 5. The Morgan fingerprint density at radius 3 is 2.35 bits per heavy atom. The lowest BCUT2D eigenvalue weighted by molar-refractivity contribution is -0.122. The Hall–Kier alpha value is -5.23. The minimum absolute atomic E-state index is 0.202. The molecule has 1 spiro atoms. The van der Waals surface area contributed by atoms with Crippen molar-refractivity contribution in [2.45, 2.75) is 24.4 Å². The van der Waals surface area contributed by atoms with Crippen LogP contribution in [0.25, 0.3) is 6.08 Å². The second kappa shape index (κ2) is 10.2. The second-order valence-electron chi connectivity index (χ2n) is 11.3. The van der Waals surface area contributed by atoms with Gasteiger partial charge in [-0.25, -0.2) is 0 Å². The average Bonchev–Trinajstić information content (AvgIpc) is 3.52. The van der Waals surface area contributed by atoms with Gasteiger partial charge in [-0.15, -0.1) is 0 Å². The van der Waals surface area contributed by atoms with Gasteiger partial charge in [0, 0.05) is 23.0 Å². The number of fused-ring (bicyclic) bond motifs is 6. The Morgan fingerprint density at radius 1 is 0.907 bits per heavy atom. The van der Waals surface area contributed by atoms with Crippen LogP contribution in [0, 0.1) is 12.8 Å². The normalized spacial score (nSPS) is 22.9. The van der Waals surface area contributed by atoms with Crippen LogP contribution in [0.4, 0.5) is 5.69 Å². The molecule has 1 N–H and O–H groups in total. The summed E-state index contributed by atoms with van der Waals surface area (Å²) in [4.78, 5) is 46.0. The Balaban J connectivity index is 1.47. The fourth-order valence-corrected chi connectivity index (χ4v) is 7.11. The number of anilines is 1. The molecule has 3 aliphatic rings. The predicted molar refractivity (Wildman–Crippen MR) is 166 cm³/mol. The van der Waals surface area contributed by atoms with E-state index in [1.165, 1.54) is 0 Å². The van der Waals surface area contributed by atoms with E-state index in [1.807, 2.05) is 84.8 Å². The number of ketones is 2. The van der Waals surface area contributed by atoms with Crippen molar-refractivity contribution in [1.29, 1.82) is 0 Å². The summed E-state index contributed by atoms with van der Waals surface area (Å²) in [5.74, 6) is -1.17. The van der Waals surface area contributed by atoms with E-state index in [4.69, 9.17) is 4.74 Å². The van der Waals surface area contributed by atoms with Crippen molar-refractivity contribution < 1.29 is 19.1 Å². The molecule has 212 valence electrons. The van der Waals surface area contributed by atoms with Crippen LogP contribution in [-0.2, 0) is 10.2 Å². The van der Waals surface area contributed by atoms with Crippen LogP contribution in [0.2, 0.25) is 0 Å². The first-order valence-corrected chi connectivity index (χ1v) is 14.4. The molecule has 1 fully saturated rings. The van der Waals surface area contributed by atoms with E-state index in [1.54, 1.807) is 42.5 Å². The standard InChI is InChI=1S/C37H30N2O4/c1-3-22-43-27-18-16-25(17-19-27)33(40)31-32(34(41)26-14-12-23(2)13-15-26)39-21-20-24-8-4-5-9-28(24)35(39)37(31)29-10-6-7-11-30(29)38-36(37)42/h3-21,31-32,35H,1,22H2,2H3,(H,38,42)/t31-,32-,35-,37+/m1/s1. The fraction of sp³-hybridized carbons (Fsp3) is 0.162. The first kappa shape index (κ1) is 26.7. The van der Waals surface area contributed by atoms with Gasteiger partial charge in [-0.05, 0) is 60.0 Å². The Kier molecular flexibility index (Phi) is 6.35. The highest BCUT2D eigenvalue weighted by Crippen LogP contribution is 2.62. The van der Waals surface area contributed by atoms with Crippen molar-refractivity contribution in [3.05, 3.63) is 149 Å². The highest BCUT2D eigenvalue weighted by Gasteiger charge is 2.70. The van der Waals surface area contributed by atoms with Crippen molar-refractivity contribution in [3.8, 4) is 5.75 Å². The molecule has 0 saturated carbocycles. The van der Waals surface area contributed by atoms with Gasteiger partial charge in [-0.2, -0.15) is 0 Å². The van der Waals surface area contributed by atoms with Crippen LogP contribution >= 0.6 is 0 Å². The molecule has 3 aliphatic heterocycles. The van der Waals surface area contributed by atoms with Crippen molar-refractivity contribution in [3.63, 3.8) is 0 Å². The molecular formula is C37H30N2O4. The fourth-order valence-electron chi connectivity index (χ4n) is 7.11. The van der Waals surface area contributed by atoms with E-state index in [0.29, 0.717) is 29.2 Å². The zero-order chi connectivity index (χ0) is 29.7. The highest BCUT2D eigenvalue weighted by molar-refractivity contribution is 6.16. The zero-order valence-corrected chi connectivity index (χ0v) is 23.7. The second-order valence-corrected chi connectivity index (χ2v) is 11.3. The Labute approximate surface area is 250 Å². The molecule has 0 aliphatic carbocycles. The van der Waals surface area contributed by atoms with Gasteiger partial charge >= 0.3 is 0 Å². The summed E-state index contributed by atoms with van der Waals surface area (Å²) < 4.78 is 5.65. The summed E-state index contributed by atoms with van der Waals surface area (Å²) in [5, 5.41) is 3.09. The average molecular weight is 567 g/mol. The molecule has 3 heterocycles. The van der Waals surface area contributed by atoms with Gasteiger partial charge in [0.2, 0.25) is 5.91 Å². The number of hydrogen-bond donors (Lipinski definition) is 1. The number of nitrogens with one attached hydrogen (secondary N) is 1. The summed E-state index contributed by atoms with van der Waals surface area (Å²) in [6.07, 6.45) is 5.51. The van der Waals surface area contributed by atoms with Gasteiger partial charge in [-0.1, -0.05) is 84.9 Å². The van der Waals surface area contributed by atoms with Crippen molar-refractivity contribution in [2.75, 3.05) is 11.9 Å². The minimum atomic E-state index is -1.36. The van der Waals surface area contributed by atoms with Crippen LogP contribution < -0.4 is 10.1 Å². The molecule has 4 aromatic carbocycles. The van der Waals surface area contributed by atoms with Crippen molar-refractivity contribution >= 4 is 29.2 Å². The van der Waals surface area contributed by atoms with E-state index >= 15 is 0 Å². The summed E-state index contributed by atoms with van der Waals surface area (Å²) >= 11 is 0. The van der Waals surface area contributed by atoms with Crippen molar-refractivity contribution in [1.82, 2.24) is 4.90 Å². The number of rotatable bonds is 7. The summed E-state index contributed by atoms with van der Waals surface area (Å²) in [6, 6.07) is 28.2. The monoisotopic (exact) mass is 566 g/mol. The molecule has 7 rings (SSSR count). The highest BCUT2D eigenvalue weighted by atomic mass is 16.5.